The zero-order valence-electron chi connectivity index (χ0n) is 6.89. The topological polar surface area (TPSA) is 26.3 Å². The first-order valence-electron chi connectivity index (χ1n) is 3.47. The maximum absolute atomic E-state index is 10.7. The molecule has 0 rings (SSSR count). The van der Waals surface area contributed by atoms with E-state index < -0.39 is 0 Å². The van der Waals surface area contributed by atoms with Crippen molar-refractivity contribution in [3.63, 3.8) is 0 Å². The molecule has 0 spiro atoms. The van der Waals surface area contributed by atoms with Crippen molar-refractivity contribution in [3.8, 4) is 0 Å². The summed E-state index contributed by atoms with van der Waals surface area (Å²) in [7, 11) is 0.0555. The van der Waals surface area contributed by atoms with Crippen molar-refractivity contribution < 1.29 is 9.53 Å². The molecule has 0 aromatic heterocycles. The van der Waals surface area contributed by atoms with Gasteiger partial charge in [-0.15, -0.1) is 7.92 Å². The molecule has 0 atom stereocenters. The van der Waals surface area contributed by atoms with Crippen LogP contribution >= 0.6 is 7.92 Å². The summed E-state index contributed by atoms with van der Waals surface area (Å²) in [4.78, 5) is 10.7. The lowest BCUT2D eigenvalue weighted by molar-refractivity contribution is -0.142. The number of carbonyl (C=O) groups excluding carboxylic acids is 1. The molecule has 0 fully saturated rings. The minimum Gasteiger partial charge on any atom is -0.466 e. The first kappa shape index (κ1) is 9.90. The van der Waals surface area contributed by atoms with Gasteiger partial charge < -0.3 is 4.74 Å². The van der Waals surface area contributed by atoms with Crippen LogP contribution in [0, 0.1) is 0 Å². The smallest absolute Gasteiger partial charge is 0.306 e. The Bertz CT molecular complexity index is 102. The number of hydrogen-bond donors (Lipinski definition) is 0. The number of rotatable bonds is 4. The maximum Gasteiger partial charge on any atom is 0.306 e. The highest BCUT2D eigenvalue weighted by Gasteiger charge is 2.01. The zero-order valence-corrected chi connectivity index (χ0v) is 7.78. The Morgan fingerprint density at radius 1 is 1.50 bits per heavy atom. The molecular weight excluding hydrogens is 147 g/mol. The Kier molecular flexibility index (Phi) is 5.61. The Hall–Kier alpha value is -0.100. The summed E-state index contributed by atoms with van der Waals surface area (Å²) in [5.74, 6) is -0.0568. The molecule has 60 valence electrons. The number of esters is 1. The lowest BCUT2D eigenvalue weighted by Crippen LogP contribution is -2.04. The van der Waals surface area contributed by atoms with Crippen molar-refractivity contribution in [3.05, 3.63) is 0 Å². The molecular formula is C7H15O2P. The average molecular weight is 162 g/mol. The summed E-state index contributed by atoms with van der Waals surface area (Å²) in [5, 5.41) is 0. The van der Waals surface area contributed by atoms with Gasteiger partial charge in [0.25, 0.3) is 0 Å². The van der Waals surface area contributed by atoms with Crippen molar-refractivity contribution >= 4 is 13.9 Å². The molecule has 0 radical (unpaired) electrons. The molecule has 10 heavy (non-hydrogen) atoms. The summed E-state index contributed by atoms with van der Waals surface area (Å²) in [5.41, 5.74) is 0. The lowest BCUT2D eigenvalue weighted by Gasteiger charge is -2.03. The lowest BCUT2D eigenvalue weighted by atomic mass is 10.5. The fourth-order valence-electron chi connectivity index (χ4n) is 0.548. The Morgan fingerprint density at radius 2 is 2.10 bits per heavy atom. The molecule has 2 nitrogen and oxygen atoms in total. The van der Waals surface area contributed by atoms with Gasteiger partial charge >= 0.3 is 5.97 Å². The summed E-state index contributed by atoms with van der Waals surface area (Å²) < 4.78 is 4.76. The van der Waals surface area contributed by atoms with E-state index in [0.29, 0.717) is 13.0 Å². The third kappa shape index (κ3) is 6.03. The van der Waals surface area contributed by atoms with Gasteiger partial charge in [0.15, 0.2) is 0 Å². The molecule has 3 heteroatoms. The van der Waals surface area contributed by atoms with E-state index in [4.69, 9.17) is 4.74 Å². The van der Waals surface area contributed by atoms with E-state index in [1.165, 1.54) is 0 Å². The highest BCUT2D eigenvalue weighted by atomic mass is 31.1. The first-order valence-corrected chi connectivity index (χ1v) is 5.89. The minimum atomic E-state index is -0.0568. The van der Waals surface area contributed by atoms with Gasteiger partial charge in [0.2, 0.25) is 0 Å². The predicted octanol–water partition coefficient (Wildman–Crippen LogP) is 1.68. The number of hydrogen-bond acceptors (Lipinski definition) is 2. The molecule has 0 aliphatic heterocycles. The molecule has 0 saturated heterocycles. The Labute approximate surface area is 63.7 Å². The molecule has 0 N–H and O–H groups in total. The fourth-order valence-corrected chi connectivity index (χ4v) is 1.18. The van der Waals surface area contributed by atoms with Gasteiger partial charge in [-0.1, -0.05) is 0 Å². The normalized spacial score (nSPS) is 10.0. The molecule has 0 saturated carbocycles. The number of ether oxygens (including phenoxy) is 1. The summed E-state index contributed by atoms with van der Waals surface area (Å²) in [6.07, 6.45) is 1.58. The number of carbonyl (C=O) groups is 1. The van der Waals surface area contributed by atoms with Crippen molar-refractivity contribution in [2.75, 3.05) is 26.1 Å². The largest absolute Gasteiger partial charge is 0.466 e. The highest BCUT2D eigenvalue weighted by molar-refractivity contribution is 7.56. The van der Waals surface area contributed by atoms with Crippen molar-refractivity contribution in [2.24, 2.45) is 0 Å². The summed E-state index contributed by atoms with van der Waals surface area (Å²) in [6.45, 7) is 6.66. The van der Waals surface area contributed by atoms with Crippen molar-refractivity contribution in [1.82, 2.24) is 0 Å². The molecule has 0 unspecified atom stereocenters. The van der Waals surface area contributed by atoms with E-state index >= 15 is 0 Å². The first-order chi connectivity index (χ1) is 4.66. The van der Waals surface area contributed by atoms with Gasteiger partial charge in [-0.25, -0.2) is 0 Å². The summed E-state index contributed by atoms with van der Waals surface area (Å²) in [6, 6.07) is 0. The third-order valence-corrected chi connectivity index (χ3v) is 2.19. The Morgan fingerprint density at radius 3 is 2.50 bits per heavy atom. The van der Waals surface area contributed by atoms with Crippen LogP contribution in [0.3, 0.4) is 0 Å². The summed E-state index contributed by atoms with van der Waals surface area (Å²) >= 11 is 0. The highest BCUT2D eigenvalue weighted by Crippen LogP contribution is 2.24. The van der Waals surface area contributed by atoms with Crippen LogP contribution in [0.15, 0.2) is 0 Å². The van der Waals surface area contributed by atoms with Crippen LogP contribution in [0.2, 0.25) is 0 Å². The van der Waals surface area contributed by atoms with Crippen LogP contribution in [0.5, 0.6) is 0 Å². The second-order valence-electron chi connectivity index (χ2n) is 2.36. The quantitative estimate of drug-likeness (QED) is 0.464. The molecule has 0 aliphatic carbocycles. The van der Waals surface area contributed by atoms with Crippen LogP contribution in [-0.2, 0) is 9.53 Å². The fraction of sp³-hybridized carbons (Fsp3) is 0.857. The molecule has 0 aliphatic rings. The van der Waals surface area contributed by atoms with Gasteiger partial charge in [-0.05, 0) is 26.4 Å². The van der Waals surface area contributed by atoms with Crippen molar-refractivity contribution in [2.45, 2.75) is 13.3 Å². The van der Waals surface area contributed by atoms with Crippen LogP contribution < -0.4 is 0 Å². The zero-order chi connectivity index (χ0) is 7.98. The molecule has 0 amide bonds. The van der Waals surface area contributed by atoms with Crippen LogP contribution in [0.4, 0.5) is 0 Å². The average Bonchev–Trinajstić information content (AvgIpc) is 1.85. The van der Waals surface area contributed by atoms with Crippen LogP contribution in [0.25, 0.3) is 0 Å². The van der Waals surface area contributed by atoms with Crippen LogP contribution in [0.1, 0.15) is 13.3 Å². The van der Waals surface area contributed by atoms with Crippen molar-refractivity contribution in [1.29, 1.82) is 0 Å². The molecule has 0 aromatic carbocycles. The van der Waals surface area contributed by atoms with Gasteiger partial charge in [0, 0.05) is 6.42 Å². The maximum atomic E-state index is 10.7. The van der Waals surface area contributed by atoms with Crippen LogP contribution in [-0.4, -0.2) is 32.1 Å². The standard InChI is InChI=1S/C7H15O2P/c1-4-9-7(8)5-6-10(2)3/h4-6H2,1-3H3. The van der Waals surface area contributed by atoms with Gasteiger partial charge in [-0.3, -0.25) is 4.79 Å². The van der Waals surface area contributed by atoms with Gasteiger partial charge in [0.1, 0.15) is 0 Å². The monoisotopic (exact) mass is 162 g/mol. The second kappa shape index (κ2) is 5.67. The Balaban J connectivity index is 3.22. The predicted molar refractivity (Wildman–Crippen MR) is 44.9 cm³/mol. The van der Waals surface area contributed by atoms with Gasteiger partial charge in [0.05, 0.1) is 6.61 Å². The molecule has 0 aromatic rings. The second-order valence-corrected chi connectivity index (χ2v) is 4.96. The molecule has 0 bridgehead atoms. The van der Waals surface area contributed by atoms with E-state index in [2.05, 4.69) is 13.3 Å². The SMILES string of the molecule is CCOC(=O)CCP(C)C. The van der Waals surface area contributed by atoms with E-state index in [9.17, 15) is 4.79 Å². The van der Waals surface area contributed by atoms with Gasteiger partial charge in [-0.2, -0.15) is 0 Å². The molecule has 0 heterocycles. The van der Waals surface area contributed by atoms with E-state index in [0.717, 1.165) is 6.16 Å². The van der Waals surface area contributed by atoms with E-state index in [-0.39, 0.29) is 13.9 Å². The third-order valence-electron chi connectivity index (χ3n) is 1.07. The van der Waals surface area contributed by atoms with E-state index in [1.807, 2.05) is 6.92 Å². The minimum absolute atomic E-state index is 0.0555. The van der Waals surface area contributed by atoms with E-state index in [1.54, 1.807) is 0 Å².